The second-order valence-electron chi connectivity index (χ2n) is 3.36. The molecule has 0 saturated carbocycles. The summed E-state index contributed by atoms with van der Waals surface area (Å²) in [4.78, 5) is 4.29. The Labute approximate surface area is 83.4 Å². The standard InChI is InChI=1S/C10H11NO2S/c12-14(13)7-6-10(8-14)11-9-4-2-1-3-5-9/h1-5H,6-8H2. The highest BCUT2D eigenvalue weighted by Crippen LogP contribution is 2.15. The predicted molar refractivity (Wildman–Crippen MR) is 56.8 cm³/mol. The Morgan fingerprint density at radius 3 is 2.43 bits per heavy atom. The van der Waals surface area contributed by atoms with Crippen LogP contribution in [0.3, 0.4) is 0 Å². The normalized spacial score (nSPS) is 22.7. The molecule has 1 aromatic rings. The van der Waals surface area contributed by atoms with E-state index in [4.69, 9.17) is 0 Å². The van der Waals surface area contributed by atoms with E-state index < -0.39 is 9.84 Å². The van der Waals surface area contributed by atoms with Crippen LogP contribution in [-0.2, 0) is 9.84 Å². The Kier molecular flexibility index (Phi) is 2.37. The van der Waals surface area contributed by atoms with Gasteiger partial charge in [-0.2, -0.15) is 0 Å². The summed E-state index contributed by atoms with van der Waals surface area (Å²) in [6, 6.07) is 9.44. The fourth-order valence-electron chi connectivity index (χ4n) is 1.44. The monoisotopic (exact) mass is 209 g/mol. The first kappa shape index (κ1) is 9.40. The molecular weight excluding hydrogens is 198 g/mol. The van der Waals surface area contributed by atoms with Crippen LogP contribution in [0.15, 0.2) is 35.3 Å². The lowest BCUT2D eigenvalue weighted by Gasteiger charge is -1.94. The van der Waals surface area contributed by atoms with E-state index in [1.54, 1.807) is 0 Å². The molecule has 74 valence electrons. The first-order chi connectivity index (χ1) is 6.66. The maximum atomic E-state index is 11.2. The highest BCUT2D eigenvalue weighted by atomic mass is 32.2. The van der Waals surface area contributed by atoms with E-state index in [1.807, 2.05) is 30.3 Å². The van der Waals surface area contributed by atoms with Crippen molar-refractivity contribution in [3.63, 3.8) is 0 Å². The summed E-state index contributed by atoms with van der Waals surface area (Å²) >= 11 is 0. The summed E-state index contributed by atoms with van der Waals surface area (Å²) in [5.41, 5.74) is 1.61. The maximum Gasteiger partial charge on any atom is 0.156 e. The van der Waals surface area contributed by atoms with E-state index in [9.17, 15) is 8.42 Å². The summed E-state index contributed by atoms with van der Waals surface area (Å²) in [6.45, 7) is 0. The zero-order chi connectivity index (χ0) is 10.0. The molecule has 1 aliphatic rings. The van der Waals surface area contributed by atoms with E-state index in [-0.39, 0.29) is 11.5 Å². The summed E-state index contributed by atoms with van der Waals surface area (Å²) in [6.07, 6.45) is 0.581. The van der Waals surface area contributed by atoms with E-state index >= 15 is 0 Å². The number of hydrogen-bond acceptors (Lipinski definition) is 3. The number of para-hydroxylation sites is 1. The van der Waals surface area contributed by atoms with Crippen LogP contribution in [0.5, 0.6) is 0 Å². The number of sulfone groups is 1. The molecule has 1 fully saturated rings. The van der Waals surface area contributed by atoms with Gasteiger partial charge in [-0.1, -0.05) is 18.2 Å². The van der Waals surface area contributed by atoms with Gasteiger partial charge in [-0.05, 0) is 12.1 Å². The van der Waals surface area contributed by atoms with Gasteiger partial charge in [0, 0.05) is 12.1 Å². The zero-order valence-electron chi connectivity index (χ0n) is 7.68. The number of hydrogen-bond donors (Lipinski definition) is 0. The summed E-state index contributed by atoms with van der Waals surface area (Å²) < 4.78 is 22.3. The molecule has 0 aromatic heterocycles. The first-order valence-corrected chi connectivity index (χ1v) is 6.30. The summed E-state index contributed by atoms with van der Waals surface area (Å²) in [5, 5.41) is 0. The van der Waals surface area contributed by atoms with Crippen LogP contribution < -0.4 is 0 Å². The topological polar surface area (TPSA) is 46.5 Å². The minimum Gasteiger partial charge on any atom is -0.257 e. The molecule has 14 heavy (non-hydrogen) atoms. The number of rotatable bonds is 1. The van der Waals surface area contributed by atoms with Gasteiger partial charge in [0.2, 0.25) is 0 Å². The lowest BCUT2D eigenvalue weighted by molar-refractivity contribution is 0.603. The van der Waals surface area contributed by atoms with E-state index in [1.165, 1.54) is 0 Å². The van der Waals surface area contributed by atoms with Crippen LogP contribution in [-0.4, -0.2) is 25.6 Å². The lowest BCUT2D eigenvalue weighted by atomic mass is 10.3. The Balaban J connectivity index is 2.22. The molecule has 0 unspecified atom stereocenters. The highest BCUT2D eigenvalue weighted by Gasteiger charge is 2.23. The lowest BCUT2D eigenvalue weighted by Crippen LogP contribution is -2.03. The molecule has 0 amide bonds. The van der Waals surface area contributed by atoms with Gasteiger partial charge in [-0.3, -0.25) is 4.99 Å². The van der Waals surface area contributed by atoms with Gasteiger partial charge in [0.1, 0.15) is 0 Å². The van der Waals surface area contributed by atoms with Gasteiger partial charge in [0.15, 0.2) is 9.84 Å². The van der Waals surface area contributed by atoms with Crippen LogP contribution in [0.2, 0.25) is 0 Å². The minimum absolute atomic E-state index is 0.127. The van der Waals surface area contributed by atoms with Crippen molar-refractivity contribution in [1.29, 1.82) is 0 Å². The molecule has 0 N–H and O–H groups in total. The van der Waals surface area contributed by atoms with Crippen LogP contribution in [0.1, 0.15) is 6.42 Å². The molecule has 1 saturated heterocycles. The number of benzene rings is 1. The van der Waals surface area contributed by atoms with E-state index in [0.717, 1.165) is 11.4 Å². The first-order valence-electron chi connectivity index (χ1n) is 4.48. The predicted octanol–water partition coefficient (Wildman–Crippen LogP) is 1.58. The van der Waals surface area contributed by atoms with E-state index in [0.29, 0.717) is 6.42 Å². The molecule has 0 radical (unpaired) electrons. The zero-order valence-corrected chi connectivity index (χ0v) is 8.50. The van der Waals surface area contributed by atoms with Gasteiger partial charge in [0.05, 0.1) is 17.2 Å². The third-order valence-corrected chi connectivity index (χ3v) is 3.73. The average molecular weight is 209 g/mol. The molecule has 2 rings (SSSR count). The number of aliphatic imine (C=N–C) groups is 1. The Bertz CT molecular complexity index is 448. The molecule has 1 aromatic carbocycles. The van der Waals surface area contributed by atoms with Crippen molar-refractivity contribution in [2.75, 3.05) is 11.5 Å². The highest BCUT2D eigenvalue weighted by molar-refractivity contribution is 7.92. The van der Waals surface area contributed by atoms with Crippen molar-refractivity contribution >= 4 is 21.2 Å². The molecule has 0 spiro atoms. The number of nitrogens with zero attached hydrogens (tertiary/aromatic N) is 1. The fourth-order valence-corrected chi connectivity index (χ4v) is 2.85. The molecule has 0 atom stereocenters. The quantitative estimate of drug-likeness (QED) is 0.705. The Hall–Kier alpha value is -1.16. The Morgan fingerprint density at radius 1 is 1.14 bits per heavy atom. The van der Waals surface area contributed by atoms with Crippen LogP contribution in [0.25, 0.3) is 0 Å². The Morgan fingerprint density at radius 2 is 1.86 bits per heavy atom. The van der Waals surface area contributed by atoms with Gasteiger partial charge in [-0.25, -0.2) is 8.42 Å². The largest absolute Gasteiger partial charge is 0.257 e. The van der Waals surface area contributed by atoms with Gasteiger partial charge < -0.3 is 0 Å². The smallest absolute Gasteiger partial charge is 0.156 e. The van der Waals surface area contributed by atoms with Crippen molar-refractivity contribution in [1.82, 2.24) is 0 Å². The van der Waals surface area contributed by atoms with Crippen molar-refractivity contribution in [3.8, 4) is 0 Å². The van der Waals surface area contributed by atoms with Crippen molar-refractivity contribution in [2.45, 2.75) is 6.42 Å². The second kappa shape index (κ2) is 3.53. The summed E-state index contributed by atoms with van der Waals surface area (Å²) in [5.74, 6) is 0.376. The van der Waals surface area contributed by atoms with Gasteiger partial charge in [0.25, 0.3) is 0 Å². The summed E-state index contributed by atoms with van der Waals surface area (Å²) in [7, 11) is -2.85. The van der Waals surface area contributed by atoms with Gasteiger partial charge in [-0.15, -0.1) is 0 Å². The van der Waals surface area contributed by atoms with Crippen molar-refractivity contribution in [2.24, 2.45) is 4.99 Å². The van der Waals surface area contributed by atoms with Crippen LogP contribution >= 0.6 is 0 Å². The third kappa shape index (κ3) is 2.20. The second-order valence-corrected chi connectivity index (χ2v) is 5.54. The SMILES string of the molecule is O=S1(=O)CCC(=Nc2ccccc2)C1. The average Bonchev–Trinajstić information content (AvgIpc) is 2.47. The minimum atomic E-state index is -2.85. The van der Waals surface area contributed by atoms with Crippen molar-refractivity contribution in [3.05, 3.63) is 30.3 Å². The van der Waals surface area contributed by atoms with Crippen LogP contribution in [0.4, 0.5) is 5.69 Å². The maximum absolute atomic E-state index is 11.2. The molecular formula is C10H11NO2S. The third-order valence-electron chi connectivity index (χ3n) is 2.13. The molecule has 3 nitrogen and oxygen atoms in total. The van der Waals surface area contributed by atoms with Crippen molar-refractivity contribution < 1.29 is 8.42 Å². The molecule has 4 heteroatoms. The molecule has 1 heterocycles. The molecule has 0 bridgehead atoms. The fraction of sp³-hybridized carbons (Fsp3) is 0.300. The van der Waals surface area contributed by atoms with Gasteiger partial charge >= 0.3 is 0 Å². The van der Waals surface area contributed by atoms with Crippen LogP contribution in [0, 0.1) is 0 Å². The van der Waals surface area contributed by atoms with E-state index in [2.05, 4.69) is 4.99 Å². The molecule has 1 aliphatic heterocycles. The molecule has 0 aliphatic carbocycles.